The Bertz CT molecular complexity index is 414. The summed E-state index contributed by atoms with van der Waals surface area (Å²) >= 11 is 1.49. The van der Waals surface area contributed by atoms with Crippen LogP contribution in [0.1, 0.15) is 40.5 Å². The standard InChI is InChI=1S/C16H25NO2S/c1-12(16(2,3)4)9-10-13(15(18)19-5)20-14-8-6-7-11-17-14/h6-8,11-13H,9-10H2,1-5H3/t12-,13?/m0/s1. The molecule has 20 heavy (non-hydrogen) atoms. The average Bonchev–Trinajstić information content (AvgIpc) is 2.42. The molecule has 0 fully saturated rings. The maximum atomic E-state index is 11.9. The third-order valence-corrected chi connectivity index (χ3v) is 4.90. The number of esters is 1. The van der Waals surface area contributed by atoms with Crippen LogP contribution in [0.4, 0.5) is 0 Å². The van der Waals surface area contributed by atoms with Gasteiger partial charge in [-0.25, -0.2) is 4.98 Å². The molecule has 1 heterocycles. The summed E-state index contributed by atoms with van der Waals surface area (Å²) in [7, 11) is 1.45. The molecule has 0 N–H and O–H groups in total. The van der Waals surface area contributed by atoms with Crippen molar-refractivity contribution in [3.05, 3.63) is 24.4 Å². The molecule has 112 valence electrons. The Hall–Kier alpha value is -1.03. The summed E-state index contributed by atoms with van der Waals surface area (Å²) in [6, 6.07) is 5.73. The zero-order chi connectivity index (χ0) is 15.2. The van der Waals surface area contributed by atoms with Crippen molar-refractivity contribution < 1.29 is 9.53 Å². The van der Waals surface area contributed by atoms with Crippen molar-refractivity contribution in [2.24, 2.45) is 11.3 Å². The first-order valence-electron chi connectivity index (χ1n) is 7.00. The molecule has 0 aromatic carbocycles. The third-order valence-electron chi connectivity index (χ3n) is 3.71. The fourth-order valence-corrected chi connectivity index (χ4v) is 2.77. The molecule has 0 saturated carbocycles. The summed E-state index contributed by atoms with van der Waals surface area (Å²) in [5.74, 6) is 0.390. The highest BCUT2D eigenvalue weighted by atomic mass is 32.2. The van der Waals surface area contributed by atoms with Crippen LogP contribution in [0.15, 0.2) is 29.4 Å². The zero-order valence-corrected chi connectivity index (χ0v) is 13.9. The number of carbonyl (C=O) groups is 1. The number of methoxy groups -OCH3 is 1. The van der Waals surface area contributed by atoms with Crippen LogP contribution in [0.5, 0.6) is 0 Å². The van der Waals surface area contributed by atoms with Crippen LogP contribution < -0.4 is 0 Å². The van der Waals surface area contributed by atoms with Crippen LogP contribution >= 0.6 is 11.8 Å². The maximum absolute atomic E-state index is 11.9. The van der Waals surface area contributed by atoms with Gasteiger partial charge < -0.3 is 4.74 Å². The van der Waals surface area contributed by atoms with Gasteiger partial charge in [-0.3, -0.25) is 4.79 Å². The number of thioether (sulfide) groups is 1. The molecule has 1 unspecified atom stereocenters. The van der Waals surface area contributed by atoms with Crippen molar-refractivity contribution in [2.45, 2.75) is 50.8 Å². The first-order chi connectivity index (χ1) is 9.34. The molecule has 0 aliphatic carbocycles. The minimum Gasteiger partial charge on any atom is -0.468 e. The molecule has 1 aromatic heterocycles. The third kappa shape index (κ3) is 5.53. The van der Waals surface area contributed by atoms with Crippen LogP contribution in [0.3, 0.4) is 0 Å². The Kier molecular flexibility index (Phi) is 6.53. The van der Waals surface area contributed by atoms with Gasteiger partial charge in [0.05, 0.1) is 12.1 Å². The van der Waals surface area contributed by atoms with Crippen molar-refractivity contribution in [2.75, 3.05) is 7.11 Å². The molecule has 1 aromatic rings. The Morgan fingerprint density at radius 3 is 2.55 bits per heavy atom. The molecule has 0 spiro atoms. The molecule has 0 saturated heterocycles. The minimum absolute atomic E-state index is 0.165. The smallest absolute Gasteiger partial charge is 0.319 e. The van der Waals surface area contributed by atoms with E-state index < -0.39 is 0 Å². The first kappa shape index (κ1) is 17.0. The summed E-state index contributed by atoms with van der Waals surface area (Å²) in [4.78, 5) is 16.2. The predicted octanol–water partition coefficient (Wildman–Crippen LogP) is 4.18. The van der Waals surface area contributed by atoms with E-state index in [9.17, 15) is 4.79 Å². The summed E-state index contributed by atoms with van der Waals surface area (Å²) < 4.78 is 4.91. The number of aromatic nitrogens is 1. The molecule has 0 aliphatic heterocycles. The molecule has 1 rings (SSSR count). The second kappa shape index (κ2) is 7.67. The Labute approximate surface area is 126 Å². The molecular formula is C16H25NO2S. The summed E-state index contributed by atoms with van der Waals surface area (Å²) in [5.41, 5.74) is 0.260. The highest BCUT2D eigenvalue weighted by Crippen LogP contribution is 2.32. The summed E-state index contributed by atoms with van der Waals surface area (Å²) in [6.07, 6.45) is 3.56. The summed E-state index contributed by atoms with van der Waals surface area (Å²) in [5, 5.41) is 0.686. The highest BCUT2D eigenvalue weighted by Gasteiger charge is 2.25. The largest absolute Gasteiger partial charge is 0.468 e. The lowest BCUT2D eigenvalue weighted by molar-refractivity contribution is -0.140. The topological polar surface area (TPSA) is 39.2 Å². The second-order valence-corrected chi connectivity index (χ2v) is 7.37. The van der Waals surface area contributed by atoms with E-state index in [-0.39, 0.29) is 16.6 Å². The average molecular weight is 295 g/mol. The van der Waals surface area contributed by atoms with E-state index >= 15 is 0 Å². The van der Waals surface area contributed by atoms with Crippen molar-refractivity contribution in [1.29, 1.82) is 0 Å². The van der Waals surface area contributed by atoms with Gasteiger partial charge in [-0.05, 0) is 36.3 Å². The van der Waals surface area contributed by atoms with Crippen LogP contribution in [0.2, 0.25) is 0 Å². The monoisotopic (exact) mass is 295 g/mol. The molecule has 2 atom stereocenters. The van der Waals surface area contributed by atoms with Gasteiger partial charge in [-0.15, -0.1) is 0 Å². The predicted molar refractivity (Wildman–Crippen MR) is 83.8 cm³/mol. The quantitative estimate of drug-likeness (QED) is 0.583. The Morgan fingerprint density at radius 1 is 1.35 bits per heavy atom. The highest BCUT2D eigenvalue weighted by molar-refractivity contribution is 8.00. The van der Waals surface area contributed by atoms with E-state index in [1.807, 2.05) is 18.2 Å². The fourth-order valence-electron chi connectivity index (χ4n) is 1.75. The van der Waals surface area contributed by atoms with E-state index in [0.29, 0.717) is 5.92 Å². The van der Waals surface area contributed by atoms with Crippen LogP contribution in [0.25, 0.3) is 0 Å². The second-order valence-electron chi connectivity index (χ2n) is 6.14. The lowest BCUT2D eigenvalue weighted by atomic mass is 9.79. The fraction of sp³-hybridized carbons (Fsp3) is 0.625. The Morgan fingerprint density at radius 2 is 2.05 bits per heavy atom. The molecule has 0 amide bonds. The van der Waals surface area contributed by atoms with Crippen molar-refractivity contribution in [3.8, 4) is 0 Å². The van der Waals surface area contributed by atoms with Crippen molar-refractivity contribution in [3.63, 3.8) is 0 Å². The van der Waals surface area contributed by atoms with E-state index in [1.165, 1.54) is 18.9 Å². The molecule has 0 radical (unpaired) electrons. The van der Waals surface area contributed by atoms with Gasteiger partial charge in [0, 0.05) is 6.20 Å². The molecule has 3 nitrogen and oxygen atoms in total. The lowest BCUT2D eigenvalue weighted by Crippen LogP contribution is -2.23. The number of hydrogen-bond acceptors (Lipinski definition) is 4. The minimum atomic E-state index is -0.181. The van der Waals surface area contributed by atoms with Crippen LogP contribution in [-0.2, 0) is 9.53 Å². The van der Waals surface area contributed by atoms with Gasteiger partial charge in [0.25, 0.3) is 0 Å². The van der Waals surface area contributed by atoms with Gasteiger partial charge in [-0.1, -0.05) is 45.5 Å². The van der Waals surface area contributed by atoms with Crippen LogP contribution in [0, 0.1) is 11.3 Å². The Balaban J connectivity index is 2.64. The molecule has 0 aliphatic rings. The number of rotatable bonds is 6. The zero-order valence-electron chi connectivity index (χ0n) is 13.1. The van der Waals surface area contributed by atoms with Crippen molar-refractivity contribution >= 4 is 17.7 Å². The number of hydrogen-bond donors (Lipinski definition) is 0. The van der Waals surface area contributed by atoms with Gasteiger partial charge in [0.2, 0.25) is 0 Å². The summed E-state index contributed by atoms with van der Waals surface area (Å²) in [6.45, 7) is 8.93. The van der Waals surface area contributed by atoms with Gasteiger partial charge >= 0.3 is 5.97 Å². The number of nitrogens with zero attached hydrogens (tertiary/aromatic N) is 1. The SMILES string of the molecule is COC(=O)C(CC[C@H](C)C(C)(C)C)Sc1ccccn1. The maximum Gasteiger partial charge on any atom is 0.319 e. The van der Waals surface area contributed by atoms with Crippen LogP contribution in [-0.4, -0.2) is 23.3 Å². The number of carbonyl (C=O) groups excluding carboxylic acids is 1. The van der Waals surface area contributed by atoms with Gasteiger partial charge in [0.15, 0.2) is 0 Å². The van der Waals surface area contributed by atoms with Gasteiger partial charge in [0.1, 0.15) is 5.25 Å². The first-order valence-corrected chi connectivity index (χ1v) is 7.88. The molecule has 0 bridgehead atoms. The van der Waals surface area contributed by atoms with E-state index in [4.69, 9.17) is 4.74 Å². The molecular weight excluding hydrogens is 270 g/mol. The van der Waals surface area contributed by atoms with Crippen molar-refractivity contribution in [1.82, 2.24) is 4.98 Å². The number of pyridine rings is 1. The number of ether oxygens (including phenoxy) is 1. The lowest BCUT2D eigenvalue weighted by Gasteiger charge is -2.28. The van der Waals surface area contributed by atoms with Gasteiger partial charge in [-0.2, -0.15) is 0 Å². The van der Waals surface area contributed by atoms with E-state index in [2.05, 4.69) is 32.7 Å². The normalized spacial score (nSPS) is 14.7. The molecule has 4 heteroatoms. The van der Waals surface area contributed by atoms with E-state index in [0.717, 1.165) is 17.9 Å². The van der Waals surface area contributed by atoms with E-state index in [1.54, 1.807) is 6.20 Å².